The molecule has 4 aromatic rings. The van der Waals surface area contributed by atoms with Gasteiger partial charge in [-0.05, 0) is 37.5 Å². The maximum atomic E-state index is 14.5. The number of fused-ring (bicyclic) bond motifs is 1. The second kappa shape index (κ2) is 11.0. The molecule has 4 nitrogen and oxygen atoms in total. The number of rotatable bonds is 6. The van der Waals surface area contributed by atoms with Crippen LogP contribution in [0.4, 0.5) is 32.0 Å². The molecule has 1 aromatic heterocycles. The van der Waals surface area contributed by atoms with Crippen LogP contribution in [0.25, 0.3) is 22.2 Å². The highest BCUT2D eigenvalue weighted by Crippen LogP contribution is 2.39. The SMILES string of the molecule is Fc1cc(F)c(Cn2nc3c(C(F)(F)F)cccc3c2-c2ccc(N[C@H]3CCN(C4CCCCC4)C3)cc2)c(F)c1. The summed E-state index contributed by atoms with van der Waals surface area (Å²) < 4.78 is 85.2. The van der Waals surface area contributed by atoms with E-state index in [9.17, 15) is 26.3 Å². The van der Waals surface area contributed by atoms with Crippen LogP contribution in [-0.4, -0.2) is 39.9 Å². The third kappa shape index (κ3) is 5.66. The standard InChI is InChI=1S/C31H30F6N4/c32-20-15-27(33)25(28(34)16-20)18-41-30(24-7-4-8-26(29(24)39-41)31(35,36)37)19-9-11-21(12-10-19)38-22-13-14-40(17-22)23-5-2-1-3-6-23/h4,7-12,15-16,22-23,38H,1-3,5-6,13-14,17-18H2/t22-/m0/s1. The average Bonchev–Trinajstić information content (AvgIpc) is 3.55. The van der Waals surface area contributed by atoms with Gasteiger partial charge in [0.05, 0.1) is 17.8 Å². The van der Waals surface area contributed by atoms with E-state index in [2.05, 4.69) is 15.3 Å². The number of benzene rings is 3. The van der Waals surface area contributed by atoms with Crippen LogP contribution in [-0.2, 0) is 12.7 Å². The molecule has 2 fully saturated rings. The van der Waals surface area contributed by atoms with Crippen molar-refractivity contribution in [3.05, 3.63) is 83.2 Å². The van der Waals surface area contributed by atoms with Crippen molar-refractivity contribution in [1.82, 2.24) is 14.7 Å². The Morgan fingerprint density at radius 3 is 2.27 bits per heavy atom. The van der Waals surface area contributed by atoms with Gasteiger partial charge in [0.25, 0.3) is 0 Å². The van der Waals surface area contributed by atoms with Crippen molar-refractivity contribution in [3.63, 3.8) is 0 Å². The van der Waals surface area contributed by atoms with E-state index in [1.165, 1.54) is 44.2 Å². The van der Waals surface area contributed by atoms with E-state index in [1.807, 2.05) is 12.1 Å². The van der Waals surface area contributed by atoms with E-state index in [0.717, 1.165) is 35.9 Å². The number of anilines is 1. The lowest BCUT2D eigenvalue weighted by molar-refractivity contribution is -0.136. The summed E-state index contributed by atoms with van der Waals surface area (Å²) in [7, 11) is 0. The Hall–Kier alpha value is -3.53. The molecule has 3 aromatic carbocycles. The minimum atomic E-state index is -4.68. The fraction of sp³-hybridized carbons (Fsp3) is 0.387. The third-order valence-corrected chi connectivity index (χ3v) is 8.33. The first-order valence-corrected chi connectivity index (χ1v) is 14.0. The lowest BCUT2D eigenvalue weighted by Crippen LogP contribution is -2.36. The first-order chi connectivity index (χ1) is 19.7. The van der Waals surface area contributed by atoms with Crippen molar-refractivity contribution in [2.75, 3.05) is 18.4 Å². The Morgan fingerprint density at radius 2 is 1.59 bits per heavy atom. The summed E-state index contributed by atoms with van der Waals surface area (Å²) in [6.07, 6.45) is 2.76. The zero-order valence-corrected chi connectivity index (χ0v) is 22.3. The van der Waals surface area contributed by atoms with Crippen LogP contribution >= 0.6 is 0 Å². The van der Waals surface area contributed by atoms with Crippen LogP contribution in [0.1, 0.15) is 49.7 Å². The van der Waals surface area contributed by atoms with Gasteiger partial charge in [-0.25, -0.2) is 13.2 Å². The zero-order valence-electron chi connectivity index (χ0n) is 22.3. The van der Waals surface area contributed by atoms with Crippen molar-refractivity contribution in [2.24, 2.45) is 0 Å². The number of halogens is 6. The minimum absolute atomic E-state index is 0.197. The molecule has 2 heterocycles. The smallest absolute Gasteiger partial charge is 0.381 e. The molecule has 0 radical (unpaired) electrons. The van der Waals surface area contributed by atoms with E-state index in [1.54, 1.807) is 12.1 Å². The Balaban J connectivity index is 1.31. The van der Waals surface area contributed by atoms with Crippen LogP contribution in [0.3, 0.4) is 0 Å². The van der Waals surface area contributed by atoms with E-state index in [0.29, 0.717) is 29.8 Å². The molecule has 41 heavy (non-hydrogen) atoms. The normalized spacial score (nSPS) is 18.8. The molecular formula is C31H30F6N4. The average molecular weight is 573 g/mol. The number of nitrogens with one attached hydrogen (secondary N) is 1. The Bertz CT molecular complexity index is 1520. The third-order valence-electron chi connectivity index (χ3n) is 8.33. The van der Waals surface area contributed by atoms with Crippen molar-refractivity contribution in [3.8, 4) is 11.3 Å². The van der Waals surface area contributed by atoms with E-state index in [-0.39, 0.29) is 16.6 Å². The predicted octanol–water partition coefficient (Wildman–Crippen LogP) is 8.01. The van der Waals surface area contributed by atoms with Crippen LogP contribution < -0.4 is 5.32 Å². The second-order valence-corrected chi connectivity index (χ2v) is 11.0. The first-order valence-electron chi connectivity index (χ1n) is 14.0. The van der Waals surface area contributed by atoms with Crippen LogP contribution in [0.5, 0.6) is 0 Å². The van der Waals surface area contributed by atoms with Gasteiger partial charge in [-0.2, -0.15) is 18.3 Å². The molecule has 6 rings (SSSR count). The Kier molecular flexibility index (Phi) is 7.44. The van der Waals surface area contributed by atoms with Crippen molar-refractivity contribution < 1.29 is 26.3 Å². The summed E-state index contributed by atoms with van der Waals surface area (Å²) >= 11 is 0. The predicted molar refractivity (Wildman–Crippen MR) is 146 cm³/mol. The molecule has 0 unspecified atom stereocenters. The van der Waals surface area contributed by atoms with E-state index < -0.39 is 41.3 Å². The molecule has 0 amide bonds. The van der Waals surface area contributed by atoms with Gasteiger partial charge in [-0.1, -0.05) is 43.5 Å². The van der Waals surface area contributed by atoms with Crippen molar-refractivity contribution >= 4 is 16.6 Å². The highest BCUT2D eigenvalue weighted by molar-refractivity contribution is 5.95. The van der Waals surface area contributed by atoms with Gasteiger partial charge < -0.3 is 5.32 Å². The fourth-order valence-electron chi connectivity index (χ4n) is 6.32. The number of aromatic nitrogens is 2. The van der Waals surface area contributed by atoms with Gasteiger partial charge in [0.1, 0.15) is 23.0 Å². The topological polar surface area (TPSA) is 33.1 Å². The van der Waals surface area contributed by atoms with E-state index in [4.69, 9.17) is 0 Å². The van der Waals surface area contributed by atoms with Crippen LogP contribution in [0.2, 0.25) is 0 Å². The number of likely N-dealkylation sites (tertiary alicyclic amines) is 1. The monoisotopic (exact) mass is 572 g/mol. The molecular weight excluding hydrogens is 542 g/mol. The zero-order chi connectivity index (χ0) is 28.7. The first kappa shape index (κ1) is 27.6. The van der Waals surface area contributed by atoms with Crippen molar-refractivity contribution in [2.45, 2.75) is 63.3 Å². The van der Waals surface area contributed by atoms with E-state index >= 15 is 0 Å². The Morgan fingerprint density at radius 1 is 0.878 bits per heavy atom. The van der Waals surface area contributed by atoms with Crippen LogP contribution in [0, 0.1) is 17.5 Å². The quantitative estimate of drug-likeness (QED) is 0.238. The number of nitrogens with zero attached hydrogens (tertiary/aromatic N) is 3. The maximum Gasteiger partial charge on any atom is 0.418 e. The summed E-state index contributed by atoms with van der Waals surface area (Å²) in [5.41, 5.74) is -0.0612. The van der Waals surface area contributed by atoms with Gasteiger partial charge in [-0.15, -0.1) is 0 Å². The summed E-state index contributed by atoms with van der Waals surface area (Å²) in [4.78, 5) is 2.57. The van der Waals surface area contributed by atoms with Gasteiger partial charge >= 0.3 is 6.18 Å². The summed E-state index contributed by atoms with van der Waals surface area (Å²) in [5.74, 6) is -3.36. The summed E-state index contributed by atoms with van der Waals surface area (Å²) in [5, 5.41) is 7.93. The molecule has 1 atom stereocenters. The molecule has 1 aliphatic heterocycles. The van der Waals surface area contributed by atoms with Crippen LogP contribution in [0.15, 0.2) is 54.6 Å². The van der Waals surface area contributed by atoms with Crippen molar-refractivity contribution in [1.29, 1.82) is 0 Å². The molecule has 0 bridgehead atoms. The largest absolute Gasteiger partial charge is 0.418 e. The van der Waals surface area contributed by atoms with Gasteiger partial charge in [-0.3, -0.25) is 9.58 Å². The summed E-state index contributed by atoms with van der Waals surface area (Å²) in [6.45, 7) is 1.51. The van der Waals surface area contributed by atoms with Gasteiger partial charge in [0.2, 0.25) is 0 Å². The lowest BCUT2D eigenvalue weighted by atomic mass is 9.94. The second-order valence-electron chi connectivity index (χ2n) is 11.0. The Labute approximate surface area is 234 Å². The highest BCUT2D eigenvalue weighted by atomic mass is 19.4. The molecule has 0 spiro atoms. The number of hydrogen-bond donors (Lipinski definition) is 1. The molecule has 1 saturated carbocycles. The molecule has 1 aliphatic carbocycles. The molecule has 1 N–H and O–H groups in total. The van der Waals surface area contributed by atoms with Gasteiger partial charge in [0.15, 0.2) is 0 Å². The maximum absolute atomic E-state index is 14.5. The highest BCUT2D eigenvalue weighted by Gasteiger charge is 2.35. The fourth-order valence-corrected chi connectivity index (χ4v) is 6.32. The van der Waals surface area contributed by atoms with Gasteiger partial charge in [0, 0.05) is 59.5 Å². The minimum Gasteiger partial charge on any atom is -0.381 e. The number of alkyl halides is 3. The number of hydrogen-bond acceptors (Lipinski definition) is 3. The summed E-state index contributed by atoms with van der Waals surface area (Å²) in [6, 6.07) is 13.0. The molecule has 216 valence electrons. The lowest BCUT2D eigenvalue weighted by Gasteiger charge is -2.31. The molecule has 10 heteroatoms. The molecule has 2 aliphatic rings. The molecule has 1 saturated heterocycles.